The molecule has 4 nitrogen and oxygen atoms in total. The van der Waals surface area contributed by atoms with Gasteiger partial charge in [-0.15, -0.1) is 11.3 Å². The second-order valence-corrected chi connectivity index (χ2v) is 6.14. The summed E-state index contributed by atoms with van der Waals surface area (Å²) in [5.74, 6) is 0.562. The smallest absolute Gasteiger partial charge is 0.0558 e. The minimum absolute atomic E-state index is 0.223. The lowest BCUT2D eigenvalue weighted by Gasteiger charge is -2.37. The predicted octanol–water partition coefficient (Wildman–Crippen LogP) is 0.870. The van der Waals surface area contributed by atoms with E-state index in [0.29, 0.717) is 12.0 Å². The SMILES string of the molecule is OCCCNC1CC(c2cccs2)CN(CCO)C1. The number of piperidine rings is 1. The van der Waals surface area contributed by atoms with E-state index in [-0.39, 0.29) is 13.2 Å². The van der Waals surface area contributed by atoms with E-state index in [9.17, 15) is 0 Å². The van der Waals surface area contributed by atoms with Crippen molar-refractivity contribution in [1.82, 2.24) is 10.2 Å². The van der Waals surface area contributed by atoms with Crippen LogP contribution in [0.4, 0.5) is 0 Å². The number of thiophene rings is 1. The number of likely N-dealkylation sites (tertiary alicyclic amines) is 1. The second-order valence-electron chi connectivity index (χ2n) is 5.16. The number of nitrogens with one attached hydrogen (secondary N) is 1. The molecule has 2 atom stereocenters. The van der Waals surface area contributed by atoms with Crippen LogP contribution in [0.15, 0.2) is 17.5 Å². The van der Waals surface area contributed by atoms with E-state index < -0.39 is 0 Å². The zero-order valence-electron chi connectivity index (χ0n) is 11.3. The highest BCUT2D eigenvalue weighted by atomic mass is 32.1. The summed E-state index contributed by atoms with van der Waals surface area (Å²) in [6.07, 6.45) is 1.95. The maximum atomic E-state index is 9.14. The van der Waals surface area contributed by atoms with Crippen molar-refractivity contribution in [3.63, 3.8) is 0 Å². The van der Waals surface area contributed by atoms with Gasteiger partial charge in [-0.05, 0) is 30.8 Å². The Morgan fingerprint density at radius 1 is 1.32 bits per heavy atom. The largest absolute Gasteiger partial charge is 0.396 e. The fraction of sp³-hybridized carbons (Fsp3) is 0.714. The Kier molecular flexibility index (Phi) is 6.26. The van der Waals surface area contributed by atoms with Gasteiger partial charge in [-0.3, -0.25) is 4.90 Å². The Bertz CT molecular complexity index is 345. The van der Waals surface area contributed by atoms with Crippen LogP contribution in [-0.2, 0) is 0 Å². The summed E-state index contributed by atoms with van der Waals surface area (Å²) < 4.78 is 0. The number of rotatable bonds is 7. The molecule has 108 valence electrons. The van der Waals surface area contributed by atoms with Gasteiger partial charge in [-0.2, -0.15) is 0 Å². The molecule has 2 rings (SSSR count). The van der Waals surface area contributed by atoms with Gasteiger partial charge < -0.3 is 15.5 Å². The van der Waals surface area contributed by atoms with E-state index in [1.54, 1.807) is 0 Å². The number of hydrogen-bond donors (Lipinski definition) is 3. The number of nitrogens with zero attached hydrogens (tertiary/aromatic N) is 1. The van der Waals surface area contributed by atoms with Crippen LogP contribution in [0, 0.1) is 0 Å². The Morgan fingerprint density at radius 3 is 2.89 bits per heavy atom. The Labute approximate surface area is 119 Å². The average Bonchev–Trinajstić information content (AvgIpc) is 2.93. The molecule has 1 aliphatic heterocycles. The van der Waals surface area contributed by atoms with Crippen molar-refractivity contribution in [3.05, 3.63) is 22.4 Å². The normalized spacial score (nSPS) is 24.7. The summed E-state index contributed by atoms with van der Waals surface area (Å²) in [5.41, 5.74) is 0. The fourth-order valence-electron chi connectivity index (χ4n) is 2.78. The van der Waals surface area contributed by atoms with E-state index in [1.165, 1.54) is 4.88 Å². The van der Waals surface area contributed by atoms with Gasteiger partial charge in [0.15, 0.2) is 0 Å². The third kappa shape index (κ3) is 4.54. The minimum Gasteiger partial charge on any atom is -0.396 e. The van der Waals surface area contributed by atoms with Crippen LogP contribution in [0.1, 0.15) is 23.6 Å². The molecule has 1 saturated heterocycles. The first-order chi connectivity index (χ1) is 9.33. The van der Waals surface area contributed by atoms with E-state index >= 15 is 0 Å². The van der Waals surface area contributed by atoms with Crippen molar-refractivity contribution < 1.29 is 10.2 Å². The fourth-order valence-corrected chi connectivity index (χ4v) is 3.61. The third-order valence-corrected chi connectivity index (χ3v) is 4.69. The van der Waals surface area contributed by atoms with Crippen molar-refractivity contribution in [3.8, 4) is 0 Å². The molecular weight excluding hydrogens is 260 g/mol. The molecule has 1 aromatic rings. The number of aliphatic hydroxyl groups excluding tert-OH is 2. The maximum absolute atomic E-state index is 9.14. The molecule has 0 amide bonds. The summed E-state index contributed by atoms with van der Waals surface area (Å²) in [4.78, 5) is 3.78. The third-order valence-electron chi connectivity index (χ3n) is 3.66. The molecule has 19 heavy (non-hydrogen) atoms. The molecule has 0 spiro atoms. The highest BCUT2D eigenvalue weighted by Crippen LogP contribution is 2.30. The molecule has 0 bridgehead atoms. The lowest BCUT2D eigenvalue weighted by molar-refractivity contribution is 0.138. The lowest BCUT2D eigenvalue weighted by atomic mass is 9.92. The minimum atomic E-state index is 0.223. The average molecular weight is 284 g/mol. The molecular formula is C14H24N2O2S. The molecule has 1 fully saturated rings. The summed E-state index contributed by atoms with van der Waals surface area (Å²) in [6.45, 7) is 4.12. The topological polar surface area (TPSA) is 55.7 Å². The van der Waals surface area contributed by atoms with Gasteiger partial charge in [0.05, 0.1) is 6.61 Å². The first-order valence-electron chi connectivity index (χ1n) is 7.04. The molecule has 0 aromatic carbocycles. The lowest BCUT2D eigenvalue weighted by Crippen LogP contribution is -2.49. The highest BCUT2D eigenvalue weighted by Gasteiger charge is 2.27. The van der Waals surface area contributed by atoms with Gasteiger partial charge in [-0.1, -0.05) is 6.07 Å². The maximum Gasteiger partial charge on any atom is 0.0558 e. The van der Waals surface area contributed by atoms with Gasteiger partial charge in [-0.25, -0.2) is 0 Å². The van der Waals surface area contributed by atoms with Crippen LogP contribution in [0.25, 0.3) is 0 Å². The Hall–Kier alpha value is -0.460. The van der Waals surface area contributed by atoms with Crippen molar-refractivity contribution in [2.24, 2.45) is 0 Å². The summed E-state index contributed by atoms with van der Waals surface area (Å²) in [6, 6.07) is 4.78. The van der Waals surface area contributed by atoms with Gasteiger partial charge in [0, 0.05) is 43.1 Å². The summed E-state index contributed by atoms with van der Waals surface area (Å²) in [7, 11) is 0. The predicted molar refractivity (Wildman–Crippen MR) is 78.7 cm³/mol. The molecule has 0 aliphatic carbocycles. The zero-order chi connectivity index (χ0) is 13.5. The van der Waals surface area contributed by atoms with E-state index in [1.807, 2.05) is 11.3 Å². The quantitative estimate of drug-likeness (QED) is 0.650. The highest BCUT2D eigenvalue weighted by molar-refractivity contribution is 7.10. The first kappa shape index (κ1) is 14.9. The van der Waals surface area contributed by atoms with E-state index in [2.05, 4.69) is 27.7 Å². The Morgan fingerprint density at radius 2 is 2.21 bits per heavy atom. The summed E-state index contributed by atoms with van der Waals surface area (Å²) >= 11 is 1.82. The van der Waals surface area contributed by atoms with Gasteiger partial charge in [0.1, 0.15) is 0 Å². The number of hydrogen-bond acceptors (Lipinski definition) is 5. The van der Waals surface area contributed by atoms with E-state index in [4.69, 9.17) is 10.2 Å². The molecule has 2 unspecified atom stereocenters. The number of β-amino-alcohol motifs (C(OH)–C–C–N with tert-alkyl or cyclic N) is 1. The van der Waals surface area contributed by atoms with Crippen molar-refractivity contribution >= 4 is 11.3 Å². The number of aliphatic hydroxyl groups is 2. The van der Waals surface area contributed by atoms with E-state index in [0.717, 1.165) is 39.0 Å². The monoisotopic (exact) mass is 284 g/mol. The molecule has 2 heterocycles. The molecule has 3 N–H and O–H groups in total. The van der Waals surface area contributed by atoms with Crippen LogP contribution >= 0.6 is 11.3 Å². The van der Waals surface area contributed by atoms with Crippen molar-refractivity contribution in [2.75, 3.05) is 39.4 Å². The van der Waals surface area contributed by atoms with Crippen LogP contribution in [0.2, 0.25) is 0 Å². The Balaban J connectivity index is 1.92. The first-order valence-corrected chi connectivity index (χ1v) is 7.92. The zero-order valence-corrected chi connectivity index (χ0v) is 12.1. The molecule has 0 radical (unpaired) electrons. The van der Waals surface area contributed by atoms with Crippen LogP contribution < -0.4 is 5.32 Å². The molecule has 5 heteroatoms. The van der Waals surface area contributed by atoms with Crippen LogP contribution in [-0.4, -0.2) is 60.5 Å². The van der Waals surface area contributed by atoms with Crippen molar-refractivity contribution in [1.29, 1.82) is 0 Å². The van der Waals surface area contributed by atoms with Gasteiger partial charge >= 0.3 is 0 Å². The molecule has 0 saturated carbocycles. The molecule has 1 aliphatic rings. The van der Waals surface area contributed by atoms with Crippen molar-refractivity contribution in [2.45, 2.75) is 24.8 Å². The van der Waals surface area contributed by atoms with Crippen LogP contribution in [0.3, 0.4) is 0 Å². The molecule has 1 aromatic heterocycles. The second kappa shape index (κ2) is 7.97. The summed E-state index contributed by atoms with van der Waals surface area (Å²) in [5, 5.41) is 23.7. The standard InChI is InChI=1S/C14H24N2O2S/c17-6-2-4-15-13-9-12(14-3-1-8-19-14)10-16(11-13)5-7-18/h1,3,8,12-13,15,17-18H,2,4-7,9-11H2. The van der Waals surface area contributed by atoms with Gasteiger partial charge in [0.25, 0.3) is 0 Å². The van der Waals surface area contributed by atoms with Crippen LogP contribution in [0.5, 0.6) is 0 Å². The van der Waals surface area contributed by atoms with Gasteiger partial charge in [0.2, 0.25) is 0 Å².